The smallest absolute Gasteiger partial charge is 0.305 e. The van der Waals surface area contributed by atoms with E-state index in [1.807, 2.05) is 0 Å². The topological polar surface area (TPSA) is 52.6 Å². The highest BCUT2D eigenvalue weighted by Crippen LogP contribution is 2.13. The third kappa shape index (κ3) is 27.1. The maximum Gasteiger partial charge on any atom is 0.305 e. The van der Waals surface area contributed by atoms with Crippen molar-refractivity contribution in [2.24, 2.45) is 11.8 Å². The number of esters is 2. The van der Waals surface area contributed by atoms with Gasteiger partial charge in [0.05, 0.1) is 13.2 Å². The molecule has 0 saturated carbocycles. The van der Waals surface area contributed by atoms with E-state index in [1.54, 1.807) is 0 Å². The van der Waals surface area contributed by atoms with Gasteiger partial charge in [-0.15, -0.1) is 0 Å². The van der Waals surface area contributed by atoms with Gasteiger partial charge in [0.25, 0.3) is 0 Å². The van der Waals surface area contributed by atoms with Crippen LogP contribution in [-0.4, -0.2) is 25.2 Å². The van der Waals surface area contributed by atoms with E-state index in [4.69, 9.17) is 9.47 Å². The van der Waals surface area contributed by atoms with Crippen LogP contribution in [0.25, 0.3) is 0 Å². The molecule has 0 aromatic heterocycles. The fourth-order valence-corrected chi connectivity index (χ4v) is 3.96. The third-order valence-corrected chi connectivity index (χ3v) is 6.14. The first-order chi connectivity index (χ1) is 15.9. The summed E-state index contributed by atoms with van der Waals surface area (Å²) in [6.07, 6.45) is 20.7. The Morgan fingerprint density at radius 2 is 0.758 bits per heavy atom. The zero-order chi connectivity index (χ0) is 24.6. The molecule has 0 N–H and O–H groups in total. The molecule has 0 aliphatic rings. The van der Waals surface area contributed by atoms with Gasteiger partial charge in [-0.05, 0) is 37.5 Å². The molecule has 0 fully saturated rings. The molecule has 0 radical (unpaired) electrons. The standard InChI is InChI=1S/C29H56O4/c1-26(2)20-14-9-5-7-11-18-24-32-28(30)22-16-13-17-23-29(31)33-25-19-12-8-6-10-15-21-27(3)4/h26-27H,5-25H2,1-4H3. The van der Waals surface area contributed by atoms with Crippen molar-refractivity contribution in [3.8, 4) is 0 Å². The monoisotopic (exact) mass is 468 g/mol. The van der Waals surface area contributed by atoms with E-state index in [2.05, 4.69) is 27.7 Å². The molecule has 0 aliphatic heterocycles. The van der Waals surface area contributed by atoms with Gasteiger partial charge in [0, 0.05) is 12.8 Å². The zero-order valence-corrected chi connectivity index (χ0v) is 22.6. The van der Waals surface area contributed by atoms with E-state index < -0.39 is 0 Å². The van der Waals surface area contributed by atoms with Crippen molar-refractivity contribution >= 4 is 11.9 Å². The van der Waals surface area contributed by atoms with Gasteiger partial charge in [0.1, 0.15) is 0 Å². The number of ether oxygens (including phenoxy) is 2. The number of rotatable bonds is 24. The van der Waals surface area contributed by atoms with Crippen LogP contribution in [0, 0.1) is 11.8 Å². The van der Waals surface area contributed by atoms with Gasteiger partial charge in [-0.3, -0.25) is 9.59 Å². The average molecular weight is 469 g/mol. The molecule has 0 aliphatic carbocycles. The number of unbranched alkanes of at least 4 members (excludes halogenated alkanes) is 12. The molecule has 0 bridgehead atoms. The predicted octanol–water partition coefficient (Wildman–Crippen LogP) is 8.80. The SMILES string of the molecule is CC(C)CCCCCCCCOC(=O)CCCCCC(=O)OCCCCCCCCC(C)C. The largest absolute Gasteiger partial charge is 0.466 e. The molecule has 0 aromatic carbocycles. The number of carbonyl (C=O) groups excluding carboxylic acids is 2. The van der Waals surface area contributed by atoms with Crippen molar-refractivity contribution in [3.05, 3.63) is 0 Å². The molecule has 0 spiro atoms. The molecule has 4 heteroatoms. The summed E-state index contributed by atoms with van der Waals surface area (Å²) in [7, 11) is 0. The van der Waals surface area contributed by atoms with Crippen molar-refractivity contribution in [1.29, 1.82) is 0 Å². The summed E-state index contributed by atoms with van der Waals surface area (Å²) in [5.74, 6) is 1.43. The first-order valence-corrected chi connectivity index (χ1v) is 14.2. The van der Waals surface area contributed by atoms with Crippen LogP contribution in [0.2, 0.25) is 0 Å². The minimum Gasteiger partial charge on any atom is -0.466 e. The summed E-state index contributed by atoms with van der Waals surface area (Å²) < 4.78 is 10.6. The summed E-state index contributed by atoms with van der Waals surface area (Å²) in [5, 5.41) is 0. The van der Waals surface area contributed by atoms with E-state index >= 15 is 0 Å². The molecular weight excluding hydrogens is 412 g/mol. The second-order valence-corrected chi connectivity index (χ2v) is 10.6. The molecule has 0 heterocycles. The van der Waals surface area contributed by atoms with Crippen LogP contribution in [0.1, 0.15) is 150 Å². The molecule has 0 atom stereocenters. The van der Waals surface area contributed by atoms with E-state index in [9.17, 15) is 9.59 Å². The Kier molecular flexibility index (Phi) is 23.3. The van der Waals surface area contributed by atoms with Gasteiger partial charge in [-0.25, -0.2) is 0 Å². The minimum absolute atomic E-state index is 0.0984. The Bertz CT molecular complexity index is 405. The van der Waals surface area contributed by atoms with Crippen molar-refractivity contribution < 1.29 is 19.1 Å². The van der Waals surface area contributed by atoms with Crippen LogP contribution < -0.4 is 0 Å². The lowest BCUT2D eigenvalue weighted by Gasteiger charge is -2.07. The average Bonchev–Trinajstić information content (AvgIpc) is 2.76. The third-order valence-electron chi connectivity index (χ3n) is 6.14. The van der Waals surface area contributed by atoms with E-state index in [1.165, 1.54) is 64.2 Å². The summed E-state index contributed by atoms with van der Waals surface area (Å²) in [6, 6.07) is 0. The minimum atomic E-state index is -0.0984. The van der Waals surface area contributed by atoms with Gasteiger partial charge < -0.3 is 9.47 Å². The number of hydrogen-bond acceptors (Lipinski definition) is 4. The first-order valence-electron chi connectivity index (χ1n) is 14.2. The normalized spacial score (nSPS) is 11.3. The lowest BCUT2D eigenvalue weighted by atomic mass is 10.0. The van der Waals surface area contributed by atoms with Crippen molar-refractivity contribution in [1.82, 2.24) is 0 Å². The molecule has 0 unspecified atom stereocenters. The highest BCUT2D eigenvalue weighted by molar-refractivity contribution is 5.69. The lowest BCUT2D eigenvalue weighted by Crippen LogP contribution is -2.07. The second-order valence-electron chi connectivity index (χ2n) is 10.6. The Labute approximate surface area is 206 Å². The van der Waals surface area contributed by atoms with Crippen molar-refractivity contribution in [2.45, 2.75) is 150 Å². The predicted molar refractivity (Wildman–Crippen MR) is 139 cm³/mol. The van der Waals surface area contributed by atoms with Crippen LogP contribution in [-0.2, 0) is 19.1 Å². The van der Waals surface area contributed by atoms with Crippen LogP contribution in [0.4, 0.5) is 0 Å². The first kappa shape index (κ1) is 31.9. The Morgan fingerprint density at radius 1 is 0.455 bits per heavy atom. The Hall–Kier alpha value is -1.06. The molecule has 0 saturated heterocycles. The van der Waals surface area contributed by atoms with Gasteiger partial charge in [-0.1, -0.05) is 111 Å². The van der Waals surface area contributed by atoms with Crippen LogP contribution in [0.5, 0.6) is 0 Å². The number of hydrogen-bond donors (Lipinski definition) is 0. The Balaban J connectivity index is 3.31. The Morgan fingerprint density at radius 3 is 1.12 bits per heavy atom. The van der Waals surface area contributed by atoms with Crippen LogP contribution in [0.15, 0.2) is 0 Å². The highest BCUT2D eigenvalue weighted by Gasteiger charge is 2.05. The second kappa shape index (κ2) is 24.1. The molecule has 0 amide bonds. The maximum atomic E-state index is 11.8. The molecule has 0 aromatic rings. The molecule has 0 rings (SSSR count). The summed E-state index contributed by atoms with van der Waals surface area (Å²) in [4.78, 5) is 23.6. The zero-order valence-electron chi connectivity index (χ0n) is 22.6. The van der Waals surface area contributed by atoms with E-state index in [0.717, 1.165) is 56.8 Å². The molecular formula is C29H56O4. The fourth-order valence-electron chi connectivity index (χ4n) is 3.96. The van der Waals surface area contributed by atoms with Crippen molar-refractivity contribution in [3.63, 3.8) is 0 Å². The summed E-state index contributed by atoms with van der Waals surface area (Å²) in [5.41, 5.74) is 0. The van der Waals surface area contributed by atoms with Crippen molar-refractivity contribution in [2.75, 3.05) is 13.2 Å². The molecule has 196 valence electrons. The van der Waals surface area contributed by atoms with Gasteiger partial charge >= 0.3 is 11.9 Å². The summed E-state index contributed by atoms with van der Waals surface area (Å²) in [6.45, 7) is 10.2. The van der Waals surface area contributed by atoms with Gasteiger partial charge in [-0.2, -0.15) is 0 Å². The van der Waals surface area contributed by atoms with E-state index in [-0.39, 0.29) is 11.9 Å². The molecule has 4 nitrogen and oxygen atoms in total. The van der Waals surface area contributed by atoms with Gasteiger partial charge in [0.2, 0.25) is 0 Å². The molecule has 33 heavy (non-hydrogen) atoms. The quantitative estimate of drug-likeness (QED) is 0.105. The fraction of sp³-hybridized carbons (Fsp3) is 0.931. The number of carbonyl (C=O) groups is 2. The van der Waals surface area contributed by atoms with E-state index in [0.29, 0.717) is 26.1 Å². The van der Waals surface area contributed by atoms with Gasteiger partial charge in [0.15, 0.2) is 0 Å². The van der Waals surface area contributed by atoms with Crippen LogP contribution in [0.3, 0.4) is 0 Å². The lowest BCUT2D eigenvalue weighted by molar-refractivity contribution is -0.144. The maximum absolute atomic E-state index is 11.8. The highest BCUT2D eigenvalue weighted by atomic mass is 16.5. The van der Waals surface area contributed by atoms with Crippen LogP contribution >= 0.6 is 0 Å². The summed E-state index contributed by atoms with van der Waals surface area (Å²) >= 11 is 0.